The van der Waals surface area contributed by atoms with Gasteiger partial charge in [-0.05, 0) is 36.8 Å². The van der Waals surface area contributed by atoms with Crippen LogP contribution in [0.3, 0.4) is 0 Å². The highest BCUT2D eigenvalue weighted by atomic mass is 16.5. The number of benzene rings is 1. The Kier molecular flexibility index (Phi) is 4.64. The smallest absolute Gasteiger partial charge is 0.238 e. The fourth-order valence-corrected chi connectivity index (χ4v) is 3.84. The Hall–Kier alpha value is -1.59. The minimum atomic E-state index is 0.0282. The van der Waals surface area contributed by atoms with Crippen molar-refractivity contribution in [2.24, 2.45) is 17.6 Å². The van der Waals surface area contributed by atoms with Gasteiger partial charge in [-0.3, -0.25) is 9.69 Å². The van der Waals surface area contributed by atoms with Crippen molar-refractivity contribution < 1.29 is 9.53 Å². The zero-order chi connectivity index (χ0) is 15.5. The quantitative estimate of drug-likeness (QED) is 0.888. The number of carbonyl (C=O) groups is 1. The van der Waals surface area contributed by atoms with E-state index in [0.717, 1.165) is 30.9 Å². The molecule has 2 aliphatic rings. The zero-order valence-corrected chi connectivity index (χ0v) is 13.1. The molecule has 1 aromatic rings. The molecule has 3 N–H and O–H groups in total. The second-order valence-electron chi connectivity index (χ2n) is 6.49. The number of ether oxygens (including phenoxy) is 1. The standard InChI is InChI=1S/C17H25N3O2/c1-22-14-6-3-5-13(8-14)19-17(21)11-20-9-12-4-2-7-16(18)15(12)10-20/h3,5-6,8,12,15-16H,2,4,7,9-11,18H2,1H3,(H,19,21). The molecule has 5 nitrogen and oxygen atoms in total. The lowest BCUT2D eigenvalue weighted by Gasteiger charge is -2.29. The zero-order valence-electron chi connectivity index (χ0n) is 13.1. The van der Waals surface area contributed by atoms with Crippen LogP contribution in [-0.2, 0) is 4.79 Å². The molecule has 1 saturated heterocycles. The summed E-state index contributed by atoms with van der Waals surface area (Å²) in [5.74, 6) is 2.02. The summed E-state index contributed by atoms with van der Waals surface area (Å²) in [6, 6.07) is 7.75. The van der Waals surface area contributed by atoms with E-state index in [-0.39, 0.29) is 5.91 Å². The Balaban J connectivity index is 1.54. The van der Waals surface area contributed by atoms with E-state index in [2.05, 4.69) is 10.2 Å². The van der Waals surface area contributed by atoms with Crippen molar-refractivity contribution in [1.82, 2.24) is 4.90 Å². The van der Waals surface area contributed by atoms with E-state index in [1.54, 1.807) is 7.11 Å². The van der Waals surface area contributed by atoms with Crippen LogP contribution in [0.15, 0.2) is 24.3 Å². The van der Waals surface area contributed by atoms with Crippen LogP contribution in [-0.4, -0.2) is 43.6 Å². The lowest BCUT2D eigenvalue weighted by atomic mass is 9.78. The summed E-state index contributed by atoms with van der Waals surface area (Å²) in [7, 11) is 1.62. The Morgan fingerprint density at radius 1 is 1.41 bits per heavy atom. The molecule has 3 unspecified atom stereocenters. The van der Waals surface area contributed by atoms with E-state index in [0.29, 0.717) is 24.4 Å². The summed E-state index contributed by atoms with van der Waals surface area (Å²) in [4.78, 5) is 14.5. The number of nitrogens with two attached hydrogens (primary N) is 1. The van der Waals surface area contributed by atoms with Gasteiger partial charge in [0.25, 0.3) is 0 Å². The summed E-state index contributed by atoms with van der Waals surface area (Å²) in [6.45, 7) is 2.40. The number of likely N-dealkylation sites (tertiary alicyclic amines) is 1. The molecule has 5 heteroatoms. The van der Waals surface area contributed by atoms with Crippen LogP contribution < -0.4 is 15.8 Å². The van der Waals surface area contributed by atoms with Gasteiger partial charge >= 0.3 is 0 Å². The molecular formula is C17H25N3O2. The van der Waals surface area contributed by atoms with E-state index < -0.39 is 0 Å². The first-order valence-electron chi connectivity index (χ1n) is 8.07. The van der Waals surface area contributed by atoms with E-state index in [4.69, 9.17) is 10.5 Å². The van der Waals surface area contributed by atoms with Gasteiger partial charge in [0, 0.05) is 30.9 Å². The van der Waals surface area contributed by atoms with Crippen molar-refractivity contribution in [2.45, 2.75) is 25.3 Å². The second-order valence-corrected chi connectivity index (χ2v) is 6.49. The molecule has 3 atom stereocenters. The van der Waals surface area contributed by atoms with Crippen molar-refractivity contribution in [3.63, 3.8) is 0 Å². The van der Waals surface area contributed by atoms with Gasteiger partial charge in [0.1, 0.15) is 5.75 Å². The molecule has 120 valence electrons. The minimum Gasteiger partial charge on any atom is -0.497 e. The van der Waals surface area contributed by atoms with Crippen LogP contribution in [0.25, 0.3) is 0 Å². The fraction of sp³-hybridized carbons (Fsp3) is 0.588. The van der Waals surface area contributed by atoms with Crippen molar-refractivity contribution in [1.29, 1.82) is 0 Å². The Morgan fingerprint density at radius 2 is 2.27 bits per heavy atom. The van der Waals surface area contributed by atoms with E-state index in [9.17, 15) is 4.79 Å². The third-order valence-corrected chi connectivity index (χ3v) is 4.95. The van der Waals surface area contributed by atoms with Gasteiger partial charge in [-0.15, -0.1) is 0 Å². The van der Waals surface area contributed by atoms with Crippen molar-refractivity contribution in [3.05, 3.63) is 24.3 Å². The lowest BCUT2D eigenvalue weighted by molar-refractivity contribution is -0.117. The summed E-state index contributed by atoms with van der Waals surface area (Å²) >= 11 is 0. The highest BCUT2D eigenvalue weighted by Crippen LogP contribution is 2.35. The van der Waals surface area contributed by atoms with Crippen LogP contribution >= 0.6 is 0 Å². The first-order chi connectivity index (χ1) is 10.7. The van der Waals surface area contributed by atoms with Gasteiger partial charge in [0.05, 0.1) is 13.7 Å². The maximum atomic E-state index is 12.2. The number of methoxy groups -OCH3 is 1. The van der Waals surface area contributed by atoms with Gasteiger partial charge in [-0.1, -0.05) is 12.5 Å². The molecule has 0 bridgehead atoms. The Morgan fingerprint density at radius 3 is 3.05 bits per heavy atom. The number of fused-ring (bicyclic) bond motifs is 1. The van der Waals surface area contributed by atoms with Crippen LogP contribution in [0.2, 0.25) is 0 Å². The summed E-state index contributed by atoms with van der Waals surface area (Å²) in [5, 5.41) is 2.94. The molecule has 0 spiro atoms. The number of amides is 1. The molecule has 2 fully saturated rings. The lowest BCUT2D eigenvalue weighted by Crippen LogP contribution is -2.38. The van der Waals surface area contributed by atoms with Gasteiger partial charge in [0.15, 0.2) is 0 Å². The van der Waals surface area contributed by atoms with Crippen LogP contribution in [0, 0.1) is 11.8 Å². The number of carbonyl (C=O) groups excluding carboxylic acids is 1. The molecular weight excluding hydrogens is 278 g/mol. The normalized spacial score (nSPS) is 28.2. The number of hydrogen-bond acceptors (Lipinski definition) is 4. The minimum absolute atomic E-state index is 0.0282. The van der Waals surface area contributed by atoms with Crippen LogP contribution in [0.4, 0.5) is 5.69 Å². The van der Waals surface area contributed by atoms with Gasteiger partial charge in [-0.25, -0.2) is 0 Å². The monoisotopic (exact) mass is 303 g/mol. The average molecular weight is 303 g/mol. The number of rotatable bonds is 4. The van der Waals surface area contributed by atoms with E-state index in [1.807, 2.05) is 24.3 Å². The van der Waals surface area contributed by atoms with Crippen molar-refractivity contribution >= 4 is 11.6 Å². The third-order valence-electron chi connectivity index (χ3n) is 4.95. The predicted molar refractivity (Wildman–Crippen MR) is 86.9 cm³/mol. The maximum Gasteiger partial charge on any atom is 0.238 e. The van der Waals surface area contributed by atoms with Crippen molar-refractivity contribution in [3.8, 4) is 5.75 Å². The molecule has 1 saturated carbocycles. The first-order valence-corrected chi connectivity index (χ1v) is 8.07. The van der Waals surface area contributed by atoms with Crippen LogP contribution in [0.5, 0.6) is 5.75 Å². The second kappa shape index (κ2) is 6.67. The van der Waals surface area contributed by atoms with Gasteiger partial charge in [0.2, 0.25) is 5.91 Å². The maximum absolute atomic E-state index is 12.2. The molecule has 0 aromatic heterocycles. The summed E-state index contributed by atoms with van der Waals surface area (Å²) < 4.78 is 5.17. The fourth-order valence-electron chi connectivity index (χ4n) is 3.84. The topological polar surface area (TPSA) is 67.6 Å². The van der Waals surface area contributed by atoms with E-state index >= 15 is 0 Å². The summed E-state index contributed by atoms with van der Waals surface area (Å²) in [6.07, 6.45) is 3.61. The average Bonchev–Trinajstić information content (AvgIpc) is 2.91. The highest BCUT2D eigenvalue weighted by Gasteiger charge is 2.38. The molecule has 1 aliphatic heterocycles. The predicted octanol–water partition coefficient (Wildman–Crippen LogP) is 1.69. The van der Waals surface area contributed by atoms with E-state index in [1.165, 1.54) is 12.8 Å². The number of nitrogens with one attached hydrogen (secondary N) is 1. The summed E-state index contributed by atoms with van der Waals surface area (Å²) in [5.41, 5.74) is 7.00. The molecule has 0 radical (unpaired) electrons. The molecule has 22 heavy (non-hydrogen) atoms. The first kappa shape index (κ1) is 15.3. The van der Waals surface area contributed by atoms with Crippen LogP contribution in [0.1, 0.15) is 19.3 Å². The number of anilines is 1. The molecule has 1 aromatic carbocycles. The molecule has 1 aliphatic carbocycles. The number of nitrogens with zero attached hydrogens (tertiary/aromatic N) is 1. The van der Waals surface area contributed by atoms with Gasteiger partial charge < -0.3 is 15.8 Å². The SMILES string of the molecule is COc1cccc(NC(=O)CN2CC3CCCC(N)C3C2)c1. The molecule has 1 heterocycles. The third kappa shape index (κ3) is 3.42. The molecule has 1 amide bonds. The highest BCUT2D eigenvalue weighted by molar-refractivity contribution is 5.92. The number of hydrogen-bond donors (Lipinski definition) is 2. The Labute approximate surface area is 131 Å². The largest absolute Gasteiger partial charge is 0.497 e. The Bertz CT molecular complexity index is 534. The molecule has 3 rings (SSSR count). The van der Waals surface area contributed by atoms with Gasteiger partial charge in [-0.2, -0.15) is 0 Å². The van der Waals surface area contributed by atoms with Crippen molar-refractivity contribution in [2.75, 3.05) is 32.1 Å².